The summed E-state index contributed by atoms with van der Waals surface area (Å²) >= 11 is 6.20. The number of nitrogen functional groups attached to an aromatic ring is 1. The Hall–Kier alpha value is -2.00. The molecular weight excluding hydrogens is 258 g/mol. The number of anilines is 1. The molecule has 0 saturated carbocycles. The van der Waals surface area contributed by atoms with Crippen molar-refractivity contribution in [3.05, 3.63) is 52.5 Å². The molecule has 0 aliphatic rings. The van der Waals surface area contributed by atoms with E-state index >= 15 is 0 Å². The Balaban J connectivity index is 2.43. The number of para-hydroxylation sites is 1. The molecule has 19 heavy (non-hydrogen) atoms. The Morgan fingerprint density at radius 1 is 1.11 bits per heavy atom. The number of halogens is 1. The van der Waals surface area contributed by atoms with Gasteiger partial charge in [-0.1, -0.05) is 29.8 Å². The number of hydrogen-bond acceptors (Lipinski definition) is 2. The van der Waals surface area contributed by atoms with Gasteiger partial charge in [-0.3, -0.25) is 4.57 Å². The molecule has 0 radical (unpaired) electrons. The first kappa shape index (κ1) is 12.1. The van der Waals surface area contributed by atoms with Crippen molar-refractivity contribution in [3.8, 4) is 5.69 Å². The maximum Gasteiger partial charge on any atom is 0.205 e. The second kappa shape index (κ2) is 4.28. The maximum atomic E-state index is 6.20. The molecule has 4 heteroatoms. The summed E-state index contributed by atoms with van der Waals surface area (Å²) in [5.41, 5.74) is 11.1. The lowest BCUT2D eigenvalue weighted by Gasteiger charge is -2.12. The van der Waals surface area contributed by atoms with E-state index in [1.54, 1.807) is 0 Å². The summed E-state index contributed by atoms with van der Waals surface area (Å²) in [6.45, 7) is 4.04. The van der Waals surface area contributed by atoms with Crippen molar-refractivity contribution in [1.29, 1.82) is 0 Å². The SMILES string of the molecule is Cc1c(Cl)cccc1-n1c(N)nc2cccc(C)c21. The van der Waals surface area contributed by atoms with Gasteiger partial charge in [-0.15, -0.1) is 0 Å². The lowest BCUT2D eigenvalue weighted by Crippen LogP contribution is -2.03. The normalized spacial score (nSPS) is 11.1. The van der Waals surface area contributed by atoms with E-state index in [-0.39, 0.29) is 0 Å². The Morgan fingerprint density at radius 3 is 2.63 bits per heavy atom. The highest BCUT2D eigenvalue weighted by Gasteiger charge is 2.14. The molecule has 3 nitrogen and oxygen atoms in total. The number of imidazole rings is 1. The second-order valence-electron chi connectivity index (χ2n) is 4.63. The van der Waals surface area contributed by atoms with Crippen LogP contribution in [0.25, 0.3) is 16.7 Å². The van der Waals surface area contributed by atoms with Crippen LogP contribution in [0.5, 0.6) is 0 Å². The zero-order valence-electron chi connectivity index (χ0n) is 10.8. The summed E-state index contributed by atoms with van der Waals surface area (Å²) in [5.74, 6) is 0.481. The number of benzene rings is 2. The van der Waals surface area contributed by atoms with Gasteiger partial charge in [0, 0.05) is 5.02 Å². The number of nitrogens with two attached hydrogens (primary N) is 1. The Morgan fingerprint density at radius 2 is 1.84 bits per heavy atom. The minimum atomic E-state index is 0.481. The van der Waals surface area contributed by atoms with E-state index in [1.807, 2.05) is 41.8 Å². The molecule has 2 N–H and O–H groups in total. The van der Waals surface area contributed by atoms with Gasteiger partial charge >= 0.3 is 0 Å². The number of aryl methyl sites for hydroxylation is 1. The van der Waals surface area contributed by atoms with Gasteiger partial charge in [-0.25, -0.2) is 4.98 Å². The highest BCUT2D eigenvalue weighted by Crippen LogP contribution is 2.29. The van der Waals surface area contributed by atoms with Crippen molar-refractivity contribution in [1.82, 2.24) is 9.55 Å². The molecule has 0 fully saturated rings. The van der Waals surface area contributed by atoms with Crippen LogP contribution < -0.4 is 5.73 Å². The first-order chi connectivity index (χ1) is 9.09. The molecule has 2 aromatic carbocycles. The monoisotopic (exact) mass is 271 g/mol. The molecule has 0 unspecified atom stereocenters. The first-order valence-corrected chi connectivity index (χ1v) is 6.46. The van der Waals surface area contributed by atoms with E-state index in [9.17, 15) is 0 Å². The van der Waals surface area contributed by atoms with Gasteiger partial charge in [0.1, 0.15) is 0 Å². The van der Waals surface area contributed by atoms with Crippen molar-refractivity contribution in [2.75, 3.05) is 5.73 Å². The minimum absolute atomic E-state index is 0.481. The second-order valence-corrected chi connectivity index (χ2v) is 5.04. The van der Waals surface area contributed by atoms with E-state index in [1.165, 1.54) is 0 Å². The van der Waals surface area contributed by atoms with Gasteiger partial charge in [0.05, 0.1) is 16.7 Å². The fourth-order valence-corrected chi connectivity index (χ4v) is 2.56. The molecule has 3 rings (SSSR count). The van der Waals surface area contributed by atoms with Crippen LogP contribution in [0.3, 0.4) is 0 Å². The topological polar surface area (TPSA) is 43.8 Å². The number of nitrogens with zero attached hydrogens (tertiary/aromatic N) is 2. The van der Waals surface area contributed by atoms with Gasteiger partial charge in [-0.05, 0) is 43.2 Å². The van der Waals surface area contributed by atoms with Crippen LogP contribution in [-0.2, 0) is 0 Å². The van der Waals surface area contributed by atoms with E-state index in [2.05, 4.69) is 18.0 Å². The first-order valence-electron chi connectivity index (χ1n) is 6.08. The number of aromatic nitrogens is 2. The molecule has 0 spiro atoms. The number of rotatable bonds is 1. The third-order valence-electron chi connectivity index (χ3n) is 3.38. The average Bonchev–Trinajstić information content (AvgIpc) is 2.71. The van der Waals surface area contributed by atoms with Gasteiger partial charge in [0.2, 0.25) is 5.95 Å². The van der Waals surface area contributed by atoms with Crippen molar-refractivity contribution in [3.63, 3.8) is 0 Å². The Labute approximate surface area is 116 Å². The van der Waals surface area contributed by atoms with Crippen molar-refractivity contribution >= 4 is 28.6 Å². The molecule has 0 aliphatic heterocycles. The molecule has 0 atom stereocenters. The molecule has 0 aliphatic carbocycles. The number of hydrogen-bond donors (Lipinski definition) is 1. The lowest BCUT2D eigenvalue weighted by molar-refractivity contribution is 1.08. The van der Waals surface area contributed by atoms with E-state index < -0.39 is 0 Å². The molecule has 96 valence electrons. The van der Waals surface area contributed by atoms with E-state index in [0.717, 1.165) is 32.9 Å². The average molecular weight is 272 g/mol. The van der Waals surface area contributed by atoms with Gasteiger partial charge in [0.25, 0.3) is 0 Å². The fraction of sp³-hybridized carbons (Fsp3) is 0.133. The highest BCUT2D eigenvalue weighted by atomic mass is 35.5. The summed E-state index contributed by atoms with van der Waals surface area (Å²) < 4.78 is 1.96. The minimum Gasteiger partial charge on any atom is -0.369 e. The van der Waals surface area contributed by atoms with Gasteiger partial charge in [0.15, 0.2) is 0 Å². The predicted molar refractivity (Wildman–Crippen MR) is 80.0 cm³/mol. The predicted octanol–water partition coefficient (Wildman–Crippen LogP) is 3.88. The molecule has 1 aromatic heterocycles. The zero-order valence-corrected chi connectivity index (χ0v) is 11.6. The van der Waals surface area contributed by atoms with Crippen LogP contribution in [0.1, 0.15) is 11.1 Å². The van der Waals surface area contributed by atoms with Crippen LogP contribution in [0.2, 0.25) is 5.02 Å². The van der Waals surface area contributed by atoms with Gasteiger partial charge < -0.3 is 5.73 Å². The Bertz CT molecular complexity index is 774. The van der Waals surface area contributed by atoms with Crippen molar-refractivity contribution in [2.45, 2.75) is 13.8 Å². The summed E-state index contributed by atoms with van der Waals surface area (Å²) in [7, 11) is 0. The molecule has 0 saturated heterocycles. The van der Waals surface area contributed by atoms with Crippen LogP contribution >= 0.6 is 11.6 Å². The summed E-state index contributed by atoms with van der Waals surface area (Å²) in [5, 5.41) is 0.729. The maximum absolute atomic E-state index is 6.20. The zero-order chi connectivity index (χ0) is 13.6. The third-order valence-corrected chi connectivity index (χ3v) is 3.79. The molecule has 1 heterocycles. The van der Waals surface area contributed by atoms with Crippen molar-refractivity contribution < 1.29 is 0 Å². The molecule has 0 amide bonds. The summed E-state index contributed by atoms with van der Waals surface area (Å²) in [6, 6.07) is 11.8. The summed E-state index contributed by atoms with van der Waals surface area (Å²) in [4.78, 5) is 4.42. The fourth-order valence-electron chi connectivity index (χ4n) is 2.39. The summed E-state index contributed by atoms with van der Waals surface area (Å²) in [6.07, 6.45) is 0. The third kappa shape index (κ3) is 1.78. The van der Waals surface area contributed by atoms with Gasteiger partial charge in [-0.2, -0.15) is 0 Å². The standard InChI is InChI=1S/C15H14ClN3/c1-9-5-3-7-12-14(9)19(15(17)18-12)13-8-4-6-11(16)10(13)2/h3-8H,1-2H3,(H2,17,18). The van der Waals surface area contributed by atoms with Crippen LogP contribution in [0.4, 0.5) is 5.95 Å². The number of fused-ring (bicyclic) bond motifs is 1. The largest absolute Gasteiger partial charge is 0.369 e. The smallest absolute Gasteiger partial charge is 0.205 e. The molecule has 0 bridgehead atoms. The highest BCUT2D eigenvalue weighted by molar-refractivity contribution is 6.31. The van der Waals surface area contributed by atoms with Crippen LogP contribution in [-0.4, -0.2) is 9.55 Å². The lowest BCUT2D eigenvalue weighted by atomic mass is 10.1. The van der Waals surface area contributed by atoms with Crippen LogP contribution in [0, 0.1) is 13.8 Å². The van der Waals surface area contributed by atoms with Crippen molar-refractivity contribution in [2.24, 2.45) is 0 Å². The quantitative estimate of drug-likeness (QED) is 0.730. The molecule has 3 aromatic rings. The molecular formula is C15H14ClN3. The van der Waals surface area contributed by atoms with E-state index in [0.29, 0.717) is 5.95 Å². The van der Waals surface area contributed by atoms with Crippen LogP contribution in [0.15, 0.2) is 36.4 Å². The Kier molecular flexibility index (Phi) is 2.72. The van der Waals surface area contributed by atoms with E-state index in [4.69, 9.17) is 17.3 Å².